The first kappa shape index (κ1) is 15.0. The van der Waals surface area contributed by atoms with Gasteiger partial charge in [0.05, 0.1) is 0 Å². The highest BCUT2D eigenvalue weighted by molar-refractivity contribution is 5.82. The van der Waals surface area contributed by atoms with Crippen LogP contribution in [0.2, 0.25) is 0 Å². The molecule has 3 nitrogen and oxygen atoms in total. The molecule has 1 aliphatic carbocycles. The molecular weight excluding hydrogens is 238 g/mol. The highest BCUT2D eigenvalue weighted by atomic mass is 16.5. The van der Waals surface area contributed by atoms with E-state index in [1.165, 1.54) is 19.3 Å². The first-order chi connectivity index (χ1) is 9.06. The molecule has 3 heteroatoms. The van der Waals surface area contributed by atoms with E-state index in [-0.39, 0.29) is 5.92 Å². The Morgan fingerprint density at radius 2 is 1.89 bits per heavy atom. The number of hydrogen-bond acceptors (Lipinski definition) is 3. The number of rotatable bonds is 4. The highest BCUT2D eigenvalue weighted by Crippen LogP contribution is 2.31. The molecule has 1 heterocycles. The Balaban J connectivity index is 1.80. The van der Waals surface area contributed by atoms with Gasteiger partial charge in [-0.15, -0.1) is 0 Å². The smallest absolute Gasteiger partial charge is 0.137 e. The van der Waals surface area contributed by atoms with Gasteiger partial charge in [-0.05, 0) is 44.1 Å². The third-order valence-electron chi connectivity index (χ3n) is 4.84. The van der Waals surface area contributed by atoms with E-state index in [1.807, 2.05) is 0 Å². The van der Waals surface area contributed by atoms with Gasteiger partial charge in [-0.1, -0.05) is 13.8 Å². The minimum absolute atomic E-state index is 0.265. The second-order valence-corrected chi connectivity index (χ2v) is 6.87. The van der Waals surface area contributed by atoms with E-state index in [4.69, 9.17) is 4.74 Å². The molecule has 0 N–H and O–H groups in total. The Bertz CT molecular complexity index is 299. The van der Waals surface area contributed by atoms with E-state index >= 15 is 0 Å². The lowest BCUT2D eigenvalue weighted by Gasteiger charge is -2.35. The summed E-state index contributed by atoms with van der Waals surface area (Å²) in [5, 5.41) is 0. The van der Waals surface area contributed by atoms with Crippen LogP contribution in [0, 0.1) is 23.7 Å². The predicted octanol–water partition coefficient (Wildman–Crippen LogP) is 2.60. The summed E-state index contributed by atoms with van der Waals surface area (Å²) in [6.07, 6.45) is 4.35. The lowest BCUT2D eigenvalue weighted by atomic mass is 9.74. The van der Waals surface area contributed by atoms with Crippen LogP contribution in [0.15, 0.2) is 0 Å². The fraction of sp³-hybridized carbons (Fsp3) is 0.938. The van der Waals surface area contributed by atoms with Crippen LogP contribution in [0.25, 0.3) is 0 Å². The maximum atomic E-state index is 12.2. The van der Waals surface area contributed by atoms with E-state index in [9.17, 15) is 4.79 Å². The van der Waals surface area contributed by atoms with Crippen molar-refractivity contribution in [1.82, 2.24) is 4.90 Å². The van der Waals surface area contributed by atoms with Crippen LogP contribution in [0.1, 0.15) is 39.5 Å². The Labute approximate surface area is 117 Å². The molecule has 3 unspecified atom stereocenters. The fourth-order valence-electron chi connectivity index (χ4n) is 3.76. The summed E-state index contributed by atoms with van der Waals surface area (Å²) in [6.45, 7) is 8.35. The number of nitrogens with zero attached hydrogens (tertiary/aromatic N) is 1. The molecule has 19 heavy (non-hydrogen) atoms. The van der Waals surface area contributed by atoms with Crippen molar-refractivity contribution >= 4 is 5.78 Å². The Morgan fingerprint density at radius 3 is 2.53 bits per heavy atom. The number of hydrogen-bond donors (Lipinski definition) is 0. The summed E-state index contributed by atoms with van der Waals surface area (Å²) in [4.78, 5) is 14.6. The number of carbonyl (C=O) groups is 1. The molecule has 0 amide bonds. The fourth-order valence-corrected chi connectivity index (χ4v) is 3.76. The molecule has 3 atom stereocenters. The van der Waals surface area contributed by atoms with Crippen molar-refractivity contribution in [1.29, 1.82) is 0 Å². The minimum Gasteiger partial charge on any atom is -0.381 e. The SMILES string of the molecule is CC1CC(=O)C(CN(C)CC2CCOCC2)C(C)C1. The molecule has 0 radical (unpaired) electrons. The normalized spacial score (nSPS) is 33.9. The van der Waals surface area contributed by atoms with Crippen LogP contribution < -0.4 is 0 Å². The van der Waals surface area contributed by atoms with Crippen LogP contribution in [0.3, 0.4) is 0 Å². The van der Waals surface area contributed by atoms with Gasteiger partial charge < -0.3 is 9.64 Å². The number of ketones is 1. The van der Waals surface area contributed by atoms with Gasteiger partial charge in [0.2, 0.25) is 0 Å². The van der Waals surface area contributed by atoms with Gasteiger partial charge in [-0.25, -0.2) is 0 Å². The topological polar surface area (TPSA) is 29.5 Å². The summed E-state index contributed by atoms with van der Waals surface area (Å²) < 4.78 is 5.40. The van der Waals surface area contributed by atoms with E-state index < -0.39 is 0 Å². The van der Waals surface area contributed by atoms with Crippen LogP contribution in [0.4, 0.5) is 0 Å². The largest absolute Gasteiger partial charge is 0.381 e. The van der Waals surface area contributed by atoms with Crippen LogP contribution >= 0.6 is 0 Å². The molecule has 2 aliphatic rings. The molecule has 2 rings (SSSR count). The summed E-state index contributed by atoms with van der Waals surface area (Å²) in [6, 6.07) is 0. The summed E-state index contributed by atoms with van der Waals surface area (Å²) >= 11 is 0. The molecule has 0 spiro atoms. The lowest BCUT2D eigenvalue weighted by Crippen LogP contribution is -2.40. The molecule has 0 aromatic heterocycles. The summed E-state index contributed by atoms with van der Waals surface area (Å²) in [5.41, 5.74) is 0. The maximum Gasteiger partial charge on any atom is 0.137 e. The first-order valence-electron chi connectivity index (χ1n) is 7.85. The zero-order valence-electron chi connectivity index (χ0n) is 12.7. The molecule has 0 aromatic carbocycles. The Kier molecular flexibility index (Phi) is 5.40. The van der Waals surface area contributed by atoms with Crippen molar-refractivity contribution in [3.8, 4) is 0 Å². The molecule has 110 valence electrons. The van der Waals surface area contributed by atoms with Crippen molar-refractivity contribution in [3.63, 3.8) is 0 Å². The van der Waals surface area contributed by atoms with Crippen LogP contribution in [-0.2, 0) is 9.53 Å². The standard InChI is InChI=1S/C16H29NO2/c1-12-8-13(2)15(16(18)9-12)11-17(3)10-14-4-6-19-7-5-14/h12-15H,4-11H2,1-3H3. The van der Waals surface area contributed by atoms with Gasteiger partial charge in [0.1, 0.15) is 5.78 Å². The second kappa shape index (κ2) is 6.85. The first-order valence-corrected chi connectivity index (χ1v) is 7.85. The Hall–Kier alpha value is -0.410. The third-order valence-corrected chi connectivity index (χ3v) is 4.84. The van der Waals surface area contributed by atoms with E-state index in [1.54, 1.807) is 0 Å². The third kappa shape index (κ3) is 4.28. The van der Waals surface area contributed by atoms with Gasteiger partial charge >= 0.3 is 0 Å². The van der Waals surface area contributed by atoms with E-state index in [0.717, 1.165) is 38.6 Å². The van der Waals surface area contributed by atoms with E-state index in [0.29, 0.717) is 17.6 Å². The zero-order valence-corrected chi connectivity index (χ0v) is 12.7. The number of ether oxygens (including phenoxy) is 1. The molecule has 1 aliphatic heterocycles. The van der Waals surface area contributed by atoms with E-state index in [2.05, 4.69) is 25.8 Å². The molecule has 0 aromatic rings. The molecule has 1 saturated heterocycles. The van der Waals surface area contributed by atoms with Crippen molar-refractivity contribution in [2.24, 2.45) is 23.7 Å². The molecule has 2 fully saturated rings. The van der Waals surface area contributed by atoms with Gasteiger partial charge in [-0.3, -0.25) is 4.79 Å². The van der Waals surface area contributed by atoms with Crippen molar-refractivity contribution in [2.75, 3.05) is 33.4 Å². The quantitative estimate of drug-likeness (QED) is 0.784. The molecular formula is C16H29NO2. The van der Waals surface area contributed by atoms with Crippen molar-refractivity contribution in [2.45, 2.75) is 39.5 Å². The van der Waals surface area contributed by atoms with Gasteiger partial charge in [-0.2, -0.15) is 0 Å². The van der Waals surface area contributed by atoms with Crippen LogP contribution in [0.5, 0.6) is 0 Å². The van der Waals surface area contributed by atoms with Gasteiger partial charge in [0.25, 0.3) is 0 Å². The zero-order chi connectivity index (χ0) is 13.8. The average Bonchev–Trinajstić information content (AvgIpc) is 2.35. The monoisotopic (exact) mass is 267 g/mol. The minimum atomic E-state index is 0.265. The maximum absolute atomic E-state index is 12.2. The summed E-state index contributed by atoms with van der Waals surface area (Å²) in [5.74, 6) is 2.64. The number of carbonyl (C=O) groups excluding carboxylic acids is 1. The Morgan fingerprint density at radius 1 is 1.21 bits per heavy atom. The van der Waals surface area contributed by atoms with Gasteiger partial charge in [0, 0.05) is 38.6 Å². The molecule has 1 saturated carbocycles. The summed E-state index contributed by atoms with van der Waals surface area (Å²) in [7, 11) is 2.17. The molecule has 0 bridgehead atoms. The lowest BCUT2D eigenvalue weighted by molar-refractivity contribution is -0.128. The van der Waals surface area contributed by atoms with Gasteiger partial charge in [0.15, 0.2) is 0 Å². The van der Waals surface area contributed by atoms with Crippen molar-refractivity contribution < 1.29 is 9.53 Å². The number of Topliss-reactive ketones (excluding diaryl/α,β-unsaturated/α-hetero) is 1. The highest BCUT2D eigenvalue weighted by Gasteiger charge is 2.33. The second-order valence-electron chi connectivity index (χ2n) is 6.87. The predicted molar refractivity (Wildman–Crippen MR) is 77.1 cm³/mol. The average molecular weight is 267 g/mol. The van der Waals surface area contributed by atoms with Crippen molar-refractivity contribution in [3.05, 3.63) is 0 Å². The van der Waals surface area contributed by atoms with Crippen LogP contribution in [-0.4, -0.2) is 44.0 Å².